The number of fused-ring (bicyclic) bond motifs is 1. The van der Waals surface area contributed by atoms with E-state index in [0.29, 0.717) is 24.3 Å². The van der Waals surface area contributed by atoms with E-state index in [1.807, 2.05) is 24.6 Å². The van der Waals surface area contributed by atoms with Gasteiger partial charge in [-0.05, 0) is 37.8 Å². The third kappa shape index (κ3) is 4.07. The van der Waals surface area contributed by atoms with E-state index in [1.165, 1.54) is 17.2 Å². The summed E-state index contributed by atoms with van der Waals surface area (Å²) in [5, 5.41) is 4.60. The molecule has 1 saturated heterocycles. The predicted molar refractivity (Wildman–Crippen MR) is 99.1 cm³/mol. The van der Waals surface area contributed by atoms with Crippen molar-refractivity contribution in [1.29, 1.82) is 0 Å². The van der Waals surface area contributed by atoms with Crippen molar-refractivity contribution in [2.24, 2.45) is 11.8 Å². The van der Waals surface area contributed by atoms with E-state index in [-0.39, 0.29) is 35.4 Å². The van der Waals surface area contributed by atoms with E-state index in [2.05, 4.69) is 14.8 Å². The predicted octanol–water partition coefficient (Wildman–Crippen LogP) is 3.92. The van der Waals surface area contributed by atoms with Crippen LogP contribution in [0.2, 0.25) is 0 Å². The Morgan fingerprint density at radius 3 is 2.43 bits per heavy atom. The Hall–Kier alpha value is -2.43. The fourth-order valence-corrected chi connectivity index (χ4v) is 4.43. The molecule has 164 valence electrons. The van der Waals surface area contributed by atoms with E-state index in [4.69, 9.17) is 5.73 Å². The van der Waals surface area contributed by atoms with Crippen LogP contribution in [0.1, 0.15) is 31.5 Å². The fraction of sp³-hybridized carbons (Fsp3) is 0.579. The molecule has 30 heavy (non-hydrogen) atoms. The number of pyridine rings is 1. The SMILES string of the molecule is CC(C)n1nc(-c2cnc(N)c(OC(F)F)c2)cc1[C@@H]1[C@@H]2CN(CC(F)(F)F)C[C@@H]21. The highest BCUT2D eigenvalue weighted by atomic mass is 19.4. The van der Waals surface area contributed by atoms with Crippen LogP contribution in [0.5, 0.6) is 5.75 Å². The van der Waals surface area contributed by atoms with Crippen molar-refractivity contribution in [1.82, 2.24) is 19.7 Å². The minimum Gasteiger partial charge on any atom is -0.431 e. The molecule has 3 heterocycles. The lowest BCUT2D eigenvalue weighted by atomic mass is 10.1. The maximum Gasteiger partial charge on any atom is 0.401 e. The summed E-state index contributed by atoms with van der Waals surface area (Å²) in [7, 11) is 0. The molecule has 0 bridgehead atoms. The lowest BCUT2D eigenvalue weighted by Gasteiger charge is -2.21. The maximum absolute atomic E-state index is 12.6. The normalized spacial score (nSPS) is 24.0. The first-order valence-corrected chi connectivity index (χ1v) is 9.62. The van der Waals surface area contributed by atoms with Crippen LogP contribution in [-0.4, -0.2) is 52.1 Å². The van der Waals surface area contributed by atoms with E-state index in [9.17, 15) is 22.0 Å². The van der Waals surface area contributed by atoms with Gasteiger partial charge in [-0.3, -0.25) is 9.58 Å². The number of likely N-dealkylation sites (tertiary alicyclic amines) is 1. The highest BCUT2D eigenvalue weighted by Crippen LogP contribution is 2.59. The number of aromatic nitrogens is 3. The van der Waals surface area contributed by atoms with Gasteiger partial charge in [0.15, 0.2) is 11.6 Å². The van der Waals surface area contributed by atoms with Gasteiger partial charge in [0, 0.05) is 42.5 Å². The monoisotopic (exact) mass is 431 g/mol. The van der Waals surface area contributed by atoms with E-state index in [1.54, 1.807) is 0 Å². The van der Waals surface area contributed by atoms with Gasteiger partial charge in [0.05, 0.1) is 12.2 Å². The molecule has 0 spiro atoms. The number of rotatable bonds is 6. The van der Waals surface area contributed by atoms with Gasteiger partial charge >= 0.3 is 12.8 Å². The van der Waals surface area contributed by atoms with Crippen LogP contribution in [0.4, 0.5) is 27.8 Å². The molecule has 2 aromatic heterocycles. The van der Waals surface area contributed by atoms with Crippen LogP contribution >= 0.6 is 0 Å². The van der Waals surface area contributed by atoms with Crippen LogP contribution in [0, 0.1) is 11.8 Å². The van der Waals surface area contributed by atoms with Crippen LogP contribution in [0.25, 0.3) is 11.3 Å². The van der Waals surface area contributed by atoms with Gasteiger partial charge in [-0.1, -0.05) is 0 Å². The Kier molecular flexibility index (Phi) is 5.11. The number of nitrogens with zero attached hydrogens (tertiary/aromatic N) is 4. The average molecular weight is 431 g/mol. The zero-order chi connectivity index (χ0) is 21.8. The molecular weight excluding hydrogens is 409 g/mol. The lowest BCUT2D eigenvalue weighted by Crippen LogP contribution is -2.34. The van der Waals surface area contributed by atoms with Crippen LogP contribution in [-0.2, 0) is 0 Å². The van der Waals surface area contributed by atoms with E-state index in [0.717, 1.165) is 5.69 Å². The molecule has 0 aromatic carbocycles. The smallest absolute Gasteiger partial charge is 0.401 e. The van der Waals surface area contributed by atoms with Crippen molar-refractivity contribution in [3.63, 3.8) is 0 Å². The topological polar surface area (TPSA) is 69.2 Å². The Bertz CT molecular complexity index is 917. The molecule has 2 fully saturated rings. The number of ether oxygens (including phenoxy) is 1. The summed E-state index contributed by atoms with van der Waals surface area (Å²) in [5.41, 5.74) is 7.54. The third-order valence-electron chi connectivity index (χ3n) is 5.66. The molecule has 4 rings (SSSR count). The summed E-state index contributed by atoms with van der Waals surface area (Å²) in [5.74, 6) is 0.0864. The number of alkyl halides is 5. The van der Waals surface area contributed by atoms with Gasteiger partial charge in [0.2, 0.25) is 0 Å². The van der Waals surface area contributed by atoms with Gasteiger partial charge in [-0.15, -0.1) is 0 Å². The second-order valence-corrected chi connectivity index (χ2v) is 8.14. The molecule has 11 heteroatoms. The van der Waals surface area contributed by atoms with E-state index >= 15 is 0 Å². The summed E-state index contributed by atoms with van der Waals surface area (Å²) in [6.45, 7) is 0.818. The molecule has 3 atom stereocenters. The number of piperidine rings is 1. The number of hydrogen-bond donors (Lipinski definition) is 1. The molecule has 0 amide bonds. The molecule has 0 radical (unpaired) electrons. The minimum atomic E-state index is -4.20. The number of hydrogen-bond acceptors (Lipinski definition) is 5. The Balaban J connectivity index is 1.56. The summed E-state index contributed by atoms with van der Waals surface area (Å²) in [6, 6.07) is 3.25. The van der Waals surface area contributed by atoms with Gasteiger partial charge in [-0.25, -0.2) is 4.98 Å². The molecule has 0 unspecified atom stereocenters. The Labute approximate surface area is 169 Å². The van der Waals surface area contributed by atoms with Crippen molar-refractivity contribution in [3.05, 3.63) is 24.0 Å². The van der Waals surface area contributed by atoms with Crippen LogP contribution in [0.3, 0.4) is 0 Å². The highest BCUT2D eigenvalue weighted by molar-refractivity contribution is 5.64. The Morgan fingerprint density at radius 2 is 1.87 bits per heavy atom. The summed E-state index contributed by atoms with van der Waals surface area (Å²) < 4.78 is 69.4. The summed E-state index contributed by atoms with van der Waals surface area (Å²) >= 11 is 0. The molecule has 6 nitrogen and oxygen atoms in total. The third-order valence-corrected chi connectivity index (χ3v) is 5.66. The van der Waals surface area contributed by atoms with Gasteiger partial charge < -0.3 is 10.5 Å². The number of anilines is 1. The summed E-state index contributed by atoms with van der Waals surface area (Å²) in [6.07, 6.45) is -2.76. The highest BCUT2D eigenvalue weighted by Gasteiger charge is 2.58. The molecule has 1 saturated carbocycles. The fourth-order valence-electron chi connectivity index (χ4n) is 4.43. The molecule has 2 N–H and O–H groups in total. The second-order valence-electron chi connectivity index (χ2n) is 8.14. The largest absolute Gasteiger partial charge is 0.431 e. The van der Waals surface area contributed by atoms with Gasteiger partial charge in [0.1, 0.15) is 0 Å². The Morgan fingerprint density at radius 1 is 1.20 bits per heavy atom. The quantitative estimate of drug-likeness (QED) is 0.703. The van der Waals surface area contributed by atoms with E-state index < -0.39 is 19.3 Å². The average Bonchev–Trinajstić information content (AvgIpc) is 2.97. The van der Waals surface area contributed by atoms with Crippen LogP contribution in [0.15, 0.2) is 18.3 Å². The first-order valence-electron chi connectivity index (χ1n) is 9.62. The van der Waals surface area contributed by atoms with Crippen molar-refractivity contribution < 1.29 is 26.7 Å². The maximum atomic E-state index is 12.6. The molecule has 1 aliphatic heterocycles. The van der Waals surface area contributed by atoms with Crippen molar-refractivity contribution >= 4 is 5.82 Å². The number of halogens is 5. The zero-order valence-electron chi connectivity index (χ0n) is 16.4. The zero-order valence-corrected chi connectivity index (χ0v) is 16.4. The lowest BCUT2D eigenvalue weighted by molar-refractivity contribution is -0.144. The summed E-state index contributed by atoms with van der Waals surface area (Å²) in [4.78, 5) is 5.36. The molecule has 2 aliphatic rings. The standard InChI is InChI=1S/C19H22F5N5O/c1-9(2)29-14(16-11-6-28(7-12(11)16)8-19(22,23)24)4-13(27-29)10-3-15(30-18(20)21)17(25)26-5-10/h3-5,9,11-12,16,18H,6-8H2,1-2H3,(H2,25,26)/t11-,12+,16-. The molecular formula is C19H22F5N5O. The number of nitrogen functional groups attached to an aromatic ring is 1. The van der Waals surface area contributed by atoms with Crippen molar-refractivity contribution in [3.8, 4) is 17.0 Å². The molecule has 2 aromatic rings. The van der Waals surface area contributed by atoms with Gasteiger partial charge in [-0.2, -0.15) is 27.1 Å². The van der Waals surface area contributed by atoms with Crippen molar-refractivity contribution in [2.75, 3.05) is 25.4 Å². The second kappa shape index (κ2) is 7.36. The first-order chi connectivity index (χ1) is 14.0. The van der Waals surface area contributed by atoms with Crippen molar-refractivity contribution in [2.45, 2.75) is 38.6 Å². The molecule has 1 aliphatic carbocycles. The first kappa shape index (κ1) is 20.8. The van der Waals surface area contributed by atoms with Gasteiger partial charge in [0.25, 0.3) is 0 Å². The van der Waals surface area contributed by atoms with Crippen LogP contribution < -0.4 is 10.5 Å². The number of nitrogens with two attached hydrogens (primary N) is 1. The minimum absolute atomic E-state index is 0.0277.